The Balaban J connectivity index is 0.000000102. The molecule has 23 rings (SSSR count). The number of guanidine groups is 4. The summed E-state index contributed by atoms with van der Waals surface area (Å²) >= 11 is 7.19. The van der Waals surface area contributed by atoms with E-state index in [1.54, 1.807) is 51.0 Å². The average Bonchev–Trinajstić information content (AvgIpc) is 1.55. The van der Waals surface area contributed by atoms with E-state index in [0.29, 0.717) is 29.3 Å². The van der Waals surface area contributed by atoms with Gasteiger partial charge in [-0.25, -0.2) is 59.6 Å². The monoisotopic (exact) mass is 1730 g/mol. The van der Waals surface area contributed by atoms with Crippen LogP contribution in [0.2, 0.25) is 0 Å². The number of benzene rings is 4. The lowest BCUT2D eigenvalue weighted by molar-refractivity contribution is -0.224. The molecule has 8 unspecified atom stereocenters. The summed E-state index contributed by atoms with van der Waals surface area (Å²) in [5, 5.41) is 40.3. The Hall–Kier alpha value is -11.0. The Labute approximate surface area is 703 Å². The van der Waals surface area contributed by atoms with E-state index in [1.165, 1.54) is 50.7 Å². The van der Waals surface area contributed by atoms with E-state index >= 15 is 0 Å². The molecule has 12 aliphatic rings. The van der Waals surface area contributed by atoms with Gasteiger partial charge in [0.1, 0.15) is 23.0 Å². The zero-order chi connectivity index (χ0) is 82.5. The summed E-state index contributed by atoms with van der Waals surface area (Å²) in [7, 11) is 5.87. The number of nitrogens with zero attached hydrogens (tertiary/aromatic N) is 15. The van der Waals surface area contributed by atoms with Crippen LogP contribution in [0.5, 0.6) is 0 Å². The van der Waals surface area contributed by atoms with Crippen LogP contribution in [0.1, 0.15) is 138 Å². The molecule has 610 valence electrons. The van der Waals surface area contributed by atoms with E-state index in [-0.39, 0.29) is 21.7 Å². The fourth-order valence-corrected chi connectivity index (χ4v) is 21.5. The van der Waals surface area contributed by atoms with Crippen LogP contribution in [0, 0.1) is 49.4 Å². The van der Waals surface area contributed by atoms with Crippen molar-refractivity contribution in [3.8, 4) is 22.3 Å². The zero-order valence-corrected chi connectivity index (χ0v) is 70.4. The number of aliphatic imine (C=N–C) groups is 4. The molecule has 10 N–H and O–H groups in total. The van der Waals surface area contributed by atoms with Crippen molar-refractivity contribution < 1.29 is 47.5 Å². The molecule has 0 radical (unpaired) electrons. The summed E-state index contributed by atoms with van der Waals surface area (Å²) in [6, 6.07) is 37.1. The topological polar surface area (TPSA) is 387 Å². The standard InChI is InChI=1S/2C23H23N5O2.2C18H19BrN4O2.C5H6BNO2/c1-14-18-12-22(8-7-20(18)27-29-14)11-16-6-5-15(17-4-3-9-25-13-17)10-19(16)23(22)26-21(24)28(2)30-23;1-14-18-12-22(8-7-20(18)29-27-14)11-16-6-5-15(17-4-3-9-25-13-17)10-19(16)23(22)26-21(24)28(2)30-23;1-10-13-9-17(6-5-15(13)22-24-10)8-11-3-4-12(19)7-14(11)18(17)21-16(20)23(2)25-18;1-10-13-9-17(6-5-15(13)24-22-10)8-11-3-4-12(19)7-14(11)18(17)21-16(20)23(2)25-18;8-6(9)5-2-1-3-7-4-5/h2*3-6,9-10,13H,7-8,11-12H2,1-2H3,(H2,24,26);2*3-4,7H,5-6,8-9H2,1-2H3,(H2,20,21);1-4,8-9H. The minimum Gasteiger partial charge on any atom is -0.423 e. The van der Waals surface area contributed by atoms with Gasteiger partial charge in [-0.3, -0.25) is 15.0 Å². The molecule has 8 aliphatic carbocycles. The smallest absolute Gasteiger partial charge is 0.423 e. The fraction of sp³-hybridized carbons (Fsp3) is 0.368. The number of fused-ring (bicyclic) bond motifs is 16. The van der Waals surface area contributed by atoms with Crippen LogP contribution in [0.3, 0.4) is 0 Å². The third-order valence-electron chi connectivity index (χ3n) is 26.9. The van der Waals surface area contributed by atoms with Gasteiger partial charge in [0.05, 0.1) is 22.8 Å². The molecular formula is C87H90BBr2N19O10. The molecule has 32 heteroatoms. The Morgan fingerprint density at radius 1 is 0.378 bits per heavy atom. The first-order valence-electron chi connectivity index (χ1n) is 40.0. The maximum absolute atomic E-state index is 8.54. The number of hydroxylamine groups is 8. The van der Waals surface area contributed by atoms with E-state index < -0.39 is 30.0 Å². The molecule has 0 amide bonds. The number of pyridine rings is 3. The Morgan fingerprint density at radius 2 is 0.714 bits per heavy atom. The Morgan fingerprint density at radius 3 is 1.03 bits per heavy atom. The number of hydrogen-bond donors (Lipinski definition) is 6. The van der Waals surface area contributed by atoms with Crippen molar-refractivity contribution in [2.75, 3.05) is 28.2 Å². The molecule has 0 saturated carbocycles. The largest absolute Gasteiger partial charge is 0.490 e. The average molecular weight is 1730 g/mol. The molecule has 8 spiro atoms. The summed E-state index contributed by atoms with van der Waals surface area (Å²) < 4.78 is 24.1. The molecule has 4 aliphatic heterocycles. The van der Waals surface area contributed by atoms with Gasteiger partial charge in [-0.15, -0.1) is 0 Å². The maximum atomic E-state index is 8.54. The first-order chi connectivity index (χ1) is 57.2. The van der Waals surface area contributed by atoms with Crippen molar-refractivity contribution in [2.24, 2.45) is 64.6 Å². The van der Waals surface area contributed by atoms with E-state index in [1.807, 2.05) is 80.4 Å². The number of hydrogen-bond acceptors (Lipinski definition) is 29. The third kappa shape index (κ3) is 12.4. The maximum Gasteiger partial charge on any atom is 0.490 e. The summed E-state index contributed by atoms with van der Waals surface area (Å²) in [6.07, 6.45) is 24.2. The number of nitrogens with two attached hydrogens (primary N) is 4. The first-order valence-corrected chi connectivity index (χ1v) is 41.6. The highest BCUT2D eigenvalue weighted by Gasteiger charge is 2.68. The highest BCUT2D eigenvalue weighted by molar-refractivity contribution is 9.10. The number of halogens is 2. The summed E-state index contributed by atoms with van der Waals surface area (Å²) in [5.41, 5.74) is 43.7. The van der Waals surface area contributed by atoms with Gasteiger partial charge in [-0.1, -0.05) is 107 Å². The number of aryl methyl sites for hydroxylation is 8. The summed E-state index contributed by atoms with van der Waals surface area (Å²) in [4.78, 5) is 57.7. The highest BCUT2D eigenvalue weighted by Crippen LogP contribution is 2.66. The van der Waals surface area contributed by atoms with Crippen molar-refractivity contribution in [1.82, 2.24) is 55.8 Å². The quantitative estimate of drug-likeness (QED) is 0.0895. The predicted molar refractivity (Wildman–Crippen MR) is 448 cm³/mol. The van der Waals surface area contributed by atoms with Gasteiger partial charge < -0.3 is 51.1 Å². The lowest BCUT2D eigenvalue weighted by Gasteiger charge is -2.43. The Bertz CT molecular complexity index is 5650. The van der Waals surface area contributed by atoms with Gasteiger partial charge in [-0.2, -0.15) is 0 Å². The third-order valence-corrected chi connectivity index (χ3v) is 27.9. The number of aromatic nitrogens is 7. The molecule has 8 atom stereocenters. The van der Waals surface area contributed by atoms with E-state index in [9.17, 15) is 0 Å². The molecule has 0 fully saturated rings. The van der Waals surface area contributed by atoms with Crippen molar-refractivity contribution in [3.05, 3.63) is 268 Å². The van der Waals surface area contributed by atoms with Gasteiger partial charge >= 0.3 is 7.12 Å². The number of rotatable bonds is 3. The second-order valence-corrected chi connectivity index (χ2v) is 35.3. The van der Waals surface area contributed by atoms with Crippen molar-refractivity contribution in [3.63, 3.8) is 0 Å². The normalized spacial score (nSPS) is 26.9. The second kappa shape index (κ2) is 28.9. The van der Waals surface area contributed by atoms with Crippen molar-refractivity contribution in [1.29, 1.82) is 0 Å². The zero-order valence-electron chi connectivity index (χ0n) is 67.2. The molecule has 7 aromatic heterocycles. The molecule has 11 aromatic rings. The van der Waals surface area contributed by atoms with Crippen LogP contribution < -0.4 is 28.4 Å². The van der Waals surface area contributed by atoms with Crippen LogP contribution in [0.4, 0.5) is 0 Å². The molecule has 11 heterocycles. The lowest BCUT2D eigenvalue weighted by Crippen LogP contribution is -2.47. The summed E-state index contributed by atoms with van der Waals surface area (Å²) in [5.74, 6) is 5.41. The lowest BCUT2D eigenvalue weighted by atomic mass is 9.66. The SMILES string of the molecule is Cc1noc2c1CC1(CC2)Cc2ccc(-c3cccnc3)cc2C12N=C(N)N(C)O2.Cc1noc2c1CC1(CC2)Cc2ccc(Br)cc2C12N=C(N)N(C)O2.Cc1onc2c1CC1(CC2)Cc2ccc(-c3cccnc3)cc2C12N=C(N)N(C)O2.Cc1onc2c1CC1(CC2)Cc2ccc(Br)cc2C12N=C(N)N(C)O2.OB(O)c1cccnc1. The minimum absolute atomic E-state index is 0.186. The van der Waals surface area contributed by atoms with Crippen LogP contribution >= 0.6 is 31.9 Å². The molecule has 0 bridgehead atoms. The second-order valence-electron chi connectivity index (χ2n) is 33.5. The predicted octanol–water partition coefficient (Wildman–Crippen LogP) is 10.6. The molecule has 4 aromatic carbocycles. The molecule has 0 saturated heterocycles. The van der Waals surface area contributed by atoms with E-state index in [2.05, 4.69) is 152 Å². The van der Waals surface area contributed by atoms with Crippen molar-refractivity contribution in [2.45, 2.75) is 153 Å². The Kier molecular flexibility index (Phi) is 18.9. The minimum atomic E-state index is -1.40. The fourth-order valence-electron chi connectivity index (χ4n) is 20.8. The van der Waals surface area contributed by atoms with E-state index in [4.69, 9.17) is 90.4 Å². The van der Waals surface area contributed by atoms with Gasteiger partial charge in [0.15, 0.2) is 0 Å². The summed E-state index contributed by atoms with van der Waals surface area (Å²) in [6.45, 7) is 7.98. The van der Waals surface area contributed by atoms with Crippen LogP contribution in [-0.2, 0) is 119 Å². The van der Waals surface area contributed by atoms with Gasteiger partial charge in [-0.05, 0) is 217 Å². The van der Waals surface area contributed by atoms with Crippen molar-refractivity contribution >= 4 is 68.3 Å². The van der Waals surface area contributed by atoms with Gasteiger partial charge in [0.25, 0.3) is 0 Å². The first kappa shape index (κ1) is 77.9. The highest BCUT2D eigenvalue weighted by atomic mass is 79.9. The van der Waals surface area contributed by atoms with Gasteiger partial charge in [0, 0.05) is 159 Å². The molecule has 29 nitrogen and oxygen atoms in total. The van der Waals surface area contributed by atoms with Crippen LogP contribution in [0.25, 0.3) is 22.3 Å². The van der Waals surface area contributed by atoms with Crippen LogP contribution in [0.15, 0.2) is 193 Å². The molecular weight excluding hydrogens is 1640 g/mol. The van der Waals surface area contributed by atoms with Crippen LogP contribution in [-0.4, -0.2) is 125 Å². The molecule has 119 heavy (non-hydrogen) atoms. The van der Waals surface area contributed by atoms with E-state index in [0.717, 1.165) is 202 Å². The van der Waals surface area contributed by atoms with Gasteiger partial charge in [0.2, 0.25) is 46.7 Å².